The van der Waals surface area contributed by atoms with Crippen molar-refractivity contribution in [2.24, 2.45) is 13.0 Å². The highest BCUT2D eigenvalue weighted by molar-refractivity contribution is 6.34. The average Bonchev–Trinajstić information content (AvgIpc) is 3.20. The van der Waals surface area contributed by atoms with Gasteiger partial charge in [0.2, 0.25) is 5.91 Å². The average molecular weight is 378 g/mol. The first-order valence-electron chi connectivity index (χ1n) is 8.63. The number of nitrogens with one attached hydrogen (secondary N) is 1. The Morgan fingerprint density at radius 3 is 2.77 bits per heavy atom. The number of aromatic nitrogens is 2. The number of anilines is 1. The fourth-order valence-corrected chi connectivity index (χ4v) is 3.52. The van der Waals surface area contributed by atoms with E-state index in [0.717, 1.165) is 12.1 Å². The topological polar surface area (TPSA) is 74.6 Å². The van der Waals surface area contributed by atoms with Crippen molar-refractivity contribution < 1.29 is 19.0 Å². The van der Waals surface area contributed by atoms with Crippen molar-refractivity contribution in [3.63, 3.8) is 0 Å². The quantitative estimate of drug-likeness (QED) is 0.890. The first kappa shape index (κ1) is 17.2. The van der Waals surface area contributed by atoms with Gasteiger partial charge < -0.3 is 19.5 Å². The van der Waals surface area contributed by atoms with E-state index in [1.165, 1.54) is 0 Å². The molecule has 138 valence electrons. The maximum absolute atomic E-state index is 12.9. The van der Waals surface area contributed by atoms with Gasteiger partial charge in [0, 0.05) is 38.4 Å². The van der Waals surface area contributed by atoms with Gasteiger partial charge in [-0.05, 0) is 12.5 Å². The summed E-state index contributed by atoms with van der Waals surface area (Å²) in [4.78, 5) is 12.9. The van der Waals surface area contributed by atoms with Crippen molar-refractivity contribution in [2.45, 2.75) is 18.9 Å². The molecule has 2 aliphatic heterocycles. The lowest BCUT2D eigenvalue weighted by atomic mass is 9.98. The minimum Gasteiger partial charge on any atom is -0.490 e. The predicted octanol–water partition coefficient (Wildman–Crippen LogP) is 2.95. The first-order valence-corrected chi connectivity index (χ1v) is 9.01. The number of halogens is 1. The molecule has 1 fully saturated rings. The third kappa shape index (κ3) is 3.24. The Labute approximate surface area is 156 Å². The van der Waals surface area contributed by atoms with Crippen molar-refractivity contribution in [1.82, 2.24) is 9.78 Å². The zero-order valence-electron chi connectivity index (χ0n) is 14.4. The van der Waals surface area contributed by atoms with E-state index in [9.17, 15) is 4.79 Å². The maximum Gasteiger partial charge on any atom is 0.230 e. The number of fused-ring (bicyclic) bond motifs is 1. The number of carbonyl (C=O) groups is 1. The lowest BCUT2D eigenvalue weighted by molar-refractivity contribution is -0.121. The summed E-state index contributed by atoms with van der Waals surface area (Å²) in [5.41, 5.74) is 1.39. The molecule has 1 aromatic heterocycles. The number of hydrogen-bond donors (Lipinski definition) is 1. The van der Waals surface area contributed by atoms with Gasteiger partial charge in [-0.25, -0.2) is 0 Å². The van der Waals surface area contributed by atoms with E-state index in [4.69, 9.17) is 25.8 Å². The zero-order valence-corrected chi connectivity index (χ0v) is 15.2. The van der Waals surface area contributed by atoms with E-state index in [1.54, 1.807) is 23.0 Å². The van der Waals surface area contributed by atoms with Crippen LogP contribution in [0.3, 0.4) is 0 Å². The maximum atomic E-state index is 12.9. The van der Waals surface area contributed by atoms with Crippen LogP contribution < -0.4 is 14.8 Å². The monoisotopic (exact) mass is 377 g/mol. The summed E-state index contributed by atoms with van der Waals surface area (Å²) in [7, 11) is 1.84. The summed E-state index contributed by atoms with van der Waals surface area (Å²) in [6, 6.07) is 5.27. The van der Waals surface area contributed by atoms with Crippen molar-refractivity contribution in [2.75, 3.05) is 25.1 Å². The van der Waals surface area contributed by atoms with E-state index in [1.807, 2.05) is 13.1 Å². The van der Waals surface area contributed by atoms with E-state index >= 15 is 0 Å². The van der Waals surface area contributed by atoms with Crippen LogP contribution in [0.5, 0.6) is 11.5 Å². The van der Waals surface area contributed by atoms with Crippen LogP contribution in [0, 0.1) is 5.92 Å². The molecule has 1 saturated heterocycles. The Hall–Kier alpha value is -2.25. The number of aryl methyl sites for hydroxylation is 1. The third-order valence-corrected chi connectivity index (χ3v) is 4.99. The number of amides is 1. The van der Waals surface area contributed by atoms with Crippen molar-refractivity contribution in [1.29, 1.82) is 0 Å². The van der Waals surface area contributed by atoms with Gasteiger partial charge in [0.1, 0.15) is 6.10 Å². The third-order valence-electron chi connectivity index (χ3n) is 4.67. The summed E-state index contributed by atoms with van der Waals surface area (Å²) >= 11 is 6.33. The lowest BCUT2D eigenvalue weighted by Crippen LogP contribution is -2.26. The molecule has 1 amide bonds. The smallest absolute Gasteiger partial charge is 0.230 e. The number of carbonyl (C=O) groups excluding carboxylic acids is 1. The molecule has 1 aromatic carbocycles. The van der Waals surface area contributed by atoms with Crippen LogP contribution in [-0.4, -0.2) is 35.5 Å². The van der Waals surface area contributed by atoms with Crippen LogP contribution >= 0.6 is 11.6 Å². The molecular weight excluding hydrogens is 358 g/mol. The molecule has 3 heterocycles. The Morgan fingerprint density at radius 1 is 1.27 bits per heavy atom. The molecule has 2 atom stereocenters. The van der Waals surface area contributed by atoms with Crippen LogP contribution in [0.25, 0.3) is 0 Å². The molecule has 7 nitrogen and oxygen atoms in total. The van der Waals surface area contributed by atoms with E-state index in [2.05, 4.69) is 10.4 Å². The largest absolute Gasteiger partial charge is 0.490 e. The second-order valence-electron chi connectivity index (χ2n) is 6.38. The Morgan fingerprint density at radius 2 is 2.04 bits per heavy atom. The van der Waals surface area contributed by atoms with E-state index in [-0.39, 0.29) is 17.9 Å². The lowest BCUT2D eigenvalue weighted by Gasteiger charge is -2.19. The van der Waals surface area contributed by atoms with Crippen LogP contribution in [0.2, 0.25) is 5.02 Å². The minimum absolute atomic E-state index is 0.134. The fourth-order valence-electron chi connectivity index (χ4n) is 3.32. The van der Waals surface area contributed by atoms with Crippen LogP contribution in [0.15, 0.2) is 24.4 Å². The molecule has 2 aliphatic rings. The zero-order chi connectivity index (χ0) is 18.1. The second-order valence-corrected chi connectivity index (χ2v) is 6.79. The summed E-state index contributed by atoms with van der Waals surface area (Å²) in [6.45, 7) is 1.69. The van der Waals surface area contributed by atoms with Gasteiger partial charge in [0.05, 0.1) is 35.5 Å². The Kier molecular flexibility index (Phi) is 4.74. The molecule has 4 rings (SSSR count). The predicted molar refractivity (Wildman–Crippen MR) is 95.7 cm³/mol. The first-order chi connectivity index (χ1) is 12.6. The van der Waals surface area contributed by atoms with Crippen molar-refractivity contribution in [3.05, 3.63) is 35.1 Å². The molecule has 1 N–H and O–H groups in total. The minimum atomic E-state index is -0.318. The number of benzene rings is 1. The van der Waals surface area contributed by atoms with Gasteiger partial charge in [-0.15, -0.1) is 0 Å². The standard InChI is InChI=1S/C18H20ClN3O4/c1-22-14(3-5-20-22)17-11(4-8-26-17)18(23)21-13-10-16-15(9-12(13)19)24-6-2-7-25-16/h3,5,9-11,17H,2,4,6-8H2,1H3,(H,21,23)/t11-,17-/m1/s1. The molecule has 0 saturated carbocycles. The molecule has 0 aliphatic carbocycles. The number of ether oxygens (including phenoxy) is 3. The number of hydrogen-bond acceptors (Lipinski definition) is 5. The van der Waals surface area contributed by atoms with Crippen molar-refractivity contribution >= 4 is 23.2 Å². The summed E-state index contributed by atoms with van der Waals surface area (Å²) in [6.07, 6.45) is 2.83. The summed E-state index contributed by atoms with van der Waals surface area (Å²) in [5.74, 6) is 0.748. The Bertz CT molecular complexity index is 823. The van der Waals surface area contributed by atoms with E-state index < -0.39 is 0 Å². The van der Waals surface area contributed by atoms with Gasteiger partial charge in [0.15, 0.2) is 11.5 Å². The molecule has 26 heavy (non-hydrogen) atoms. The summed E-state index contributed by atoms with van der Waals surface area (Å²) in [5, 5.41) is 7.50. The SMILES string of the molecule is Cn1nccc1[C@@H]1OCC[C@H]1C(=O)Nc1cc2c(cc1Cl)OCCCO2. The number of rotatable bonds is 3. The van der Waals surface area contributed by atoms with Crippen molar-refractivity contribution in [3.8, 4) is 11.5 Å². The van der Waals surface area contributed by atoms with E-state index in [0.29, 0.717) is 48.5 Å². The molecule has 0 spiro atoms. The normalized spacial score (nSPS) is 22.1. The number of nitrogens with zero attached hydrogens (tertiary/aromatic N) is 2. The van der Waals surface area contributed by atoms with Crippen LogP contribution in [-0.2, 0) is 16.6 Å². The van der Waals surface area contributed by atoms with Gasteiger partial charge in [0.25, 0.3) is 0 Å². The van der Waals surface area contributed by atoms with Crippen LogP contribution in [0.4, 0.5) is 5.69 Å². The molecular formula is C18H20ClN3O4. The molecule has 0 radical (unpaired) electrons. The van der Waals surface area contributed by atoms with Gasteiger partial charge >= 0.3 is 0 Å². The molecule has 0 bridgehead atoms. The van der Waals surface area contributed by atoms with Crippen LogP contribution in [0.1, 0.15) is 24.6 Å². The van der Waals surface area contributed by atoms with Gasteiger partial charge in [-0.3, -0.25) is 9.48 Å². The molecule has 0 unspecified atom stereocenters. The molecule has 2 aromatic rings. The fraction of sp³-hybridized carbons (Fsp3) is 0.444. The van der Waals surface area contributed by atoms with Gasteiger partial charge in [-0.1, -0.05) is 11.6 Å². The Balaban J connectivity index is 1.54. The summed E-state index contributed by atoms with van der Waals surface area (Å²) < 4.78 is 18.8. The highest BCUT2D eigenvalue weighted by Gasteiger charge is 2.37. The molecule has 8 heteroatoms. The highest BCUT2D eigenvalue weighted by atomic mass is 35.5. The second kappa shape index (κ2) is 7.17. The van der Waals surface area contributed by atoms with Gasteiger partial charge in [-0.2, -0.15) is 5.10 Å². The highest BCUT2D eigenvalue weighted by Crippen LogP contribution is 2.39.